The van der Waals surface area contributed by atoms with Crippen molar-refractivity contribution in [1.82, 2.24) is 5.32 Å². The molecule has 0 atom stereocenters. The van der Waals surface area contributed by atoms with Crippen LogP contribution in [0.5, 0.6) is 5.75 Å². The van der Waals surface area contributed by atoms with Crippen molar-refractivity contribution in [2.45, 2.75) is 13.5 Å². The number of thiocarbonyl (C=S) groups is 1. The highest BCUT2D eigenvalue weighted by atomic mass is 32.1. The molecule has 0 aliphatic rings. The summed E-state index contributed by atoms with van der Waals surface area (Å²) in [6.07, 6.45) is 0. The molecule has 0 saturated carbocycles. The summed E-state index contributed by atoms with van der Waals surface area (Å²) in [6, 6.07) is 6.94. The van der Waals surface area contributed by atoms with E-state index >= 15 is 0 Å². The second-order valence-electron chi connectivity index (χ2n) is 2.74. The molecule has 0 bridgehead atoms. The lowest BCUT2D eigenvalue weighted by atomic mass is 10.2. The third-order valence-electron chi connectivity index (χ3n) is 1.65. The van der Waals surface area contributed by atoms with Gasteiger partial charge in [-0.3, -0.25) is 0 Å². The van der Waals surface area contributed by atoms with Gasteiger partial charge in [-0.1, -0.05) is 12.1 Å². The molecule has 3 nitrogen and oxygen atoms in total. The summed E-state index contributed by atoms with van der Waals surface area (Å²) in [6.45, 7) is 3.06. The number of hydrogen-bond donors (Lipinski definition) is 2. The van der Waals surface area contributed by atoms with Gasteiger partial charge in [-0.15, -0.1) is 0 Å². The Morgan fingerprint density at radius 3 is 2.64 bits per heavy atom. The van der Waals surface area contributed by atoms with E-state index < -0.39 is 0 Å². The van der Waals surface area contributed by atoms with Crippen LogP contribution in [0, 0.1) is 0 Å². The highest BCUT2D eigenvalue weighted by molar-refractivity contribution is 7.80. The maximum Gasteiger partial charge on any atom is 0.256 e. The molecule has 14 heavy (non-hydrogen) atoms. The Morgan fingerprint density at radius 2 is 2.07 bits per heavy atom. The highest BCUT2D eigenvalue weighted by Gasteiger charge is 1.96. The van der Waals surface area contributed by atoms with E-state index in [0.717, 1.165) is 5.56 Å². The van der Waals surface area contributed by atoms with Crippen molar-refractivity contribution in [3.8, 4) is 5.75 Å². The number of hydrogen-bond acceptors (Lipinski definition) is 3. The van der Waals surface area contributed by atoms with Gasteiger partial charge in [0.2, 0.25) is 0 Å². The molecule has 0 aromatic heterocycles. The quantitative estimate of drug-likeness (QED) is 0.748. The molecule has 0 aliphatic carbocycles. The van der Waals surface area contributed by atoms with E-state index in [1.165, 1.54) is 0 Å². The van der Waals surface area contributed by atoms with Gasteiger partial charge in [0.1, 0.15) is 5.75 Å². The fourth-order valence-corrected chi connectivity index (χ4v) is 1.16. The Morgan fingerprint density at radius 1 is 1.43 bits per heavy atom. The van der Waals surface area contributed by atoms with E-state index in [4.69, 9.17) is 22.1 Å². The fraction of sp³-hybridized carbons (Fsp3) is 0.300. The lowest BCUT2D eigenvalue weighted by Crippen LogP contribution is -2.23. The van der Waals surface area contributed by atoms with Gasteiger partial charge < -0.3 is 15.2 Å². The van der Waals surface area contributed by atoms with Crippen molar-refractivity contribution in [2.24, 2.45) is 0 Å². The lowest BCUT2D eigenvalue weighted by molar-refractivity contribution is 0.320. The summed E-state index contributed by atoms with van der Waals surface area (Å²) in [7, 11) is 0. The molecule has 0 radical (unpaired) electrons. The zero-order chi connectivity index (χ0) is 10.4. The van der Waals surface area contributed by atoms with Gasteiger partial charge in [-0.05, 0) is 36.8 Å². The number of nitrogens with one attached hydrogen (secondary N) is 1. The molecule has 1 aromatic carbocycles. The standard InChI is InChI=1S/C10H13NO2S/c1-2-13-10(14)11-7-8-3-5-9(12)6-4-8/h3-6,12H,2,7H2,1H3,(H,11,14). The summed E-state index contributed by atoms with van der Waals surface area (Å²) in [5.41, 5.74) is 1.05. The third-order valence-corrected chi connectivity index (χ3v) is 1.91. The van der Waals surface area contributed by atoms with E-state index in [9.17, 15) is 0 Å². The van der Waals surface area contributed by atoms with Crippen LogP contribution in [-0.2, 0) is 11.3 Å². The van der Waals surface area contributed by atoms with Crippen molar-refractivity contribution >= 4 is 17.4 Å². The van der Waals surface area contributed by atoms with Crippen LogP contribution < -0.4 is 5.32 Å². The molecule has 2 N–H and O–H groups in total. The van der Waals surface area contributed by atoms with Crippen LogP contribution in [0.4, 0.5) is 0 Å². The number of phenolic OH excluding ortho intramolecular Hbond substituents is 1. The summed E-state index contributed by atoms with van der Waals surface area (Å²) in [4.78, 5) is 0. The van der Waals surface area contributed by atoms with Crippen molar-refractivity contribution < 1.29 is 9.84 Å². The van der Waals surface area contributed by atoms with Gasteiger partial charge in [0.25, 0.3) is 5.17 Å². The van der Waals surface area contributed by atoms with Crippen molar-refractivity contribution in [2.75, 3.05) is 6.61 Å². The van der Waals surface area contributed by atoms with E-state index in [1.807, 2.05) is 19.1 Å². The Balaban J connectivity index is 2.38. The van der Waals surface area contributed by atoms with E-state index in [-0.39, 0.29) is 5.75 Å². The van der Waals surface area contributed by atoms with E-state index in [0.29, 0.717) is 18.3 Å². The minimum Gasteiger partial charge on any atom is -0.508 e. The molecule has 0 unspecified atom stereocenters. The molecule has 4 heteroatoms. The number of aromatic hydroxyl groups is 1. The minimum absolute atomic E-state index is 0.265. The van der Waals surface area contributed by atoms with Crippen LogP contribution in [0.2, 0.25) is 0 Å². The monoisotopic (exact) mass is 211 g/mol. The molecule has 0 saturated heterocycles. The molecular formula is C10H13NO2S. The van der Waals surface area contributed by atoms with Crippen LogP contribution in [0.3, 0.4) is 0 Å². The lowest BCUT2D eigenvalue weighted by Gasteiger charge is -2.07. The van der Waals surface area contributed by atoms with E-state index in [1.54, 1.807) is 12.1 Å². The van der Waals surface area contributed by atoms with Crippen LogP contribution in [0.15, 0.2) is 24.3 Å². The van der Waals surface area contributed by atoms with Crippen molar-refractivity contribution in [3.63, 3.8) is 0 Å². The average Bonchev–Trinajstić information content (AvgIpc) is 2.17. The van der Waals surface area contributed by atoms with Crippen LogP contribution in [0.1, 0.15) is 12.5 Å². The number of rotatable bonds is 3. The molecular weight excluding hydrogens is 198 g/mol. The predicted octanol–water partition coefficient (Wildman–Crippen LogP) is 1.80. The van der Waals surface area contributed by atoms with Crippen LogP contribution >= 0.6 is 12.2 Å². The zero-order valence-electron chi connectivity index (χ0n) is 7.99. The van der Waals surface area contributed by atoms with Gasteiger partial charge in [0, 0.05) is 6.54 Å². The van der Waals surface area contributed by atoms with Gasteiger partial charge in [-0.2, -0.15) is 0 Å². The first-order valence-corrected chi connectivity index (χ1v) is 4.81. The fourth-order valence-electron chi connectivity index (χ4n) is 0.970. The number of ether oxygens (including phenoxy) is 1. The molecule has 76 valence electrons. The molecule has 0 amide bonds. The third kappa shape index (κ3) is 3.62. The molecule has 0 heterocycles. The number of benzene rings is 1. The number of phenols is 1. The summed E-state index contributed by atoms with van der Waals surface area (Å²) >= 11 is 4.90. The SMILES string of the molecule is CCOC(=S)NCc1ccc(O)cc1. The normalized spacial score (nSPS) is 9.50. The molecule has 1 aromatic rings. The Hall–Kier alpha value is -1.29. The average molecular weight is 211 g/mol. The van der Waals surface area contributed by atoms with Gasteiger partial charge in [0.05, 0.1) is 6.61 Å². The Labute approximate surface area is 88.7 Å². The maximum atomic E-state index is 9.05. The first kappa shape index (κ1) is 10.8. The Bertz CT molecular complexity index is 297. The van der Waals surface area contributed by atoms with Crippen LogP contribution in [0.25, 0.3) is 0 Å². The topological polar surface area (TPSA) is 41.5 Å². The summed E-state index contributed by atoms with van der Waals surface area (Å²) in [5, 5.41) is 12.4. The summed E-state index contributed by atoms with van der Waals surface area (Å²) < 4.78 is 5.06. The Kier molecular flexibility index (Phi) is 4.19. The van der Waals surface area contributed by atoms with Crippen molar-refractivity contribution in [3.05, 3.63) is 29.8 Å². The van der Waals surface area contributed by atoms with Crippen molar-refractivity contribution in [1.29, 1.82) is 0 Å². The zero-order valence-corrected chi connectivity index (χ0v) is 8.80. The molecule has 1 rings (SSSR count). The largest absolute Gasteiger partial charge is 0.508 e. The van der Waals surface area contributed by atoms with Gasteiger partial charge in [-0.25, -0.2) is 0 Å². The van der Waals surface area contributed by atoms with Gasteiger partial charge >= 0.3 is 0 Å². The van der Waals surface area contributed by atoms with E-state index in [2.05, 4.69) is 5.32 Å². The molecule has 0 spiro atoms. The molecule has 0 aliphatic heterocycles. The highest BCUT2D eigenvalue weighted by Crippen LogP contribution is 2.09. The van der Waals surface area contributed by atoms with Crippen LogP contribution in [-0.4, -0.2) is 16.9 Å². The second kappa shape index (κ2) is 5.44. The smallest absolute Gasteiger partial charge is 0.256 e. The minimum atomic E-state index is 0.265. The molecule has 0 fully saturated rings. The second-order valence-corrected chi connectivity index (χ2v) is 3.11. The first-order valence-electron chi connectivity index (χ1n) is 4.41. The maximum absolute atomic E-state index is 9.05. The first-order chi connectivity index (χ1) is 6.72. The predicted molar refractivity (Wildman–Crippen MR) is 59.2 cm³/mol. The van der Waals surface area contributed by atoms with Gasteiger partial charge in [0.15, 0.2) is 0 Å². The summed E-state index contributed by atoms with van der Waals surface area (Å²) in [5.74, 6) is 0.265.